The molecule has 0 unspecified atom stereocenters. The van der Waals surface area contributed by atoms with E-state index in [1.54, 1.807) is 5.30 Å². The van der Waals surface area contributed by atoms with Gasteiger partial charge in [-0.2, -0.15) is 12.1 Å². The SMILES string of the molecule is CC(C)P(c1cc2ccccc2[cH-]1)C(C)C.[C-]1=CC=CC1.[Cl-].[Cl-].[Hf+4]. The Morgan fingerprint density at radius 2 is 1.67 bits per heavy atom. The molecule has 128 valence electrons. The average Bonchev–Trinajstić information content (AvgIpc) is 3.10. The zero-order chi connectivity index (χ0) is 15.2. The molecule has 2 aromatic carbocycles. The minimum Gasteiger partial charge on any atom is -1.00 e. The first-order valence-electron chi connectivity index (χ1n) is 7.75. The normalized spacial score (nSPS) is 11.8. The summed E-state index contributed by atoms with van der Waals surface area (Å²) in [4.78, 5) is 0. The Morgan fingerprint density at radius 1 is 1.04 bits per heavy atom. The minimum atomic E-state index is -0.0206. The molecule has 1 aliphatic carbocycles. The molecule has 24 heavy (non-hydrogen) atoms. The van der Waals surface area contributed by atoms with Crippen LogP contribution in [0.15, 0.2) is 54.6 Å². The molecule has 1 aliphatic rings. The van der Waals surface area contributed by atoms with Crippen LogP contribution in [0.4, 0.5) is 0 Å². The first-order valence-corrected chi connectivity index (χ1v) is 9.23. The molecule has 0 nitrogen and oxygen atoms in total. The molecule has 2 aromatic rings. The summed E-state index contributed by atoms with van der Waals surface area (Å²) >= 11 is 0. The Balaban J connectivity index is 0. The van der Waals surface area contributed by atoms with Crippen LogP contribution in [0, 0.1) is 6.08 Å². The molecule has 0 aromatic heterocycles. The maximum atomic E-state index is 2.99. The van der Waals surface area contributed by atoms with Gasteiger partial charge in [0.25, 0.3) is 0 Å². The summed E-state index contributed by atoms with van der Waals surface area (Å²) in [6, 6.07) is 13.5. The molecule has 4 heteroatoms. The van der Waals surface area contributed by atoms with Crippen LogP contribution in [0.1, 0.15) is 34.1 Å². The topological polar surface area (TPSA) is 0 Å². The number of hydrogen-bond acceptors (Lipinski definition) is 0. The molecule has 0 atom stereocenters. The second-order valence-electron chi connectivity index (χ2n) is 5.94. The van der Waals surface area contributed by atoms with Gasteiger partial charge in [-0.15, -0.1) is 46.8 Å². The van der Waals surface area contributed by atoms with Gasteiger partial charge in [-0.05, 0) is 11.3 Å². The number of hydrogen-bond donors (Lipinski definition) is 0. The fraction of sp³-hybridized carbons (Fsp3) is 0.350. The molecule has 3 rings (SSSR count). The van der Waals surface area contributed by atoms with Crippen molar-refractivity contribution >= 4 is 24.0 Å². The van der Waals surface area contributed by atoms with Crippen molar-refractivity contribution in [3.63, 3.8) is 0 Å². The smallest absolute Gasteiger partial charge is 1.00 e. The quantitative estimate of drug-likeness (QED) is 0.285. The number of benzene rings is 1. The van der Waals surface area contributed by atoms with E-state index in [2.05, 4.69) is 76.2 Å². The molecular formula is C20H25Cl2HfP. The molecule has 0 N–H and O–H groups in total. The van der Waals surface area contributed by atoms with Gasteiger partial charge in [0.05, 0.1) is 0 Å². The van der Waals surface area contributed by atoms with Crippen LogP contribution in [0.3, 0.4) is 0 Å². The van der Waals surface area contributed by atoms with E-state index in [-0.39, 0.29) is 58.6 Å². The third-order valence-corrected chi connectivity index (χ3v) is 6.68. The molecule has 0 radical (unpaired) electrons. The summed E-state index contributed by atoms with van der Waals surface area (Å²) in [5, 5.41) is 4.36. The van der Waals surface area contributed by atoms with Crippen molar-refractivity contribution in [3.05, 3.63) is 60.7 Å². The number of halogens is 2. The van der Waals surface area contributed by atoms with Crippen molar-refractivity contribution in [2.45, 2.75) is 45.4 Å². The largest absolute Gasteiger partial charge is 4.00 e. The van der Waals surface area contributed by atoms with Crippen molar-refractivity contribution in [1.82, 2.24) is 0 Å². The monoisotopic (exact) mass is 546 g/mol. The number of allylic oxidation sites excluding steroid dienone is 4. The van der Waals surface area contributed by atoms with Gasteiger partial charge in [0.15, 0.2) is 0 Å². The Bertz CT molecular complexity index is 578. The van der Waals surface area contributed by atoms with Crippen molar-refractivity contribution in [2.75, 3.05) is 0 Å². The van der Waals surface area contributed by atoms with Crippen LogP contribution in [-0.4, -0.2) is 11.3 Å². The Hall–Kier alpha value is 0.190. The summed E-state index contributed by atoms with van der Waals surface area (Å²) in [7, 11) is -0.0206. The van der Waals surface area contributed by atoms with Crippen molar-refractivity contribution in [2.24, 2.45) is 0 Å². The molecular weight excluding hydrogens is 521 g/mol. The average molecular weight is 546 g/mol. The molecule has 0 spiro atoms. The Labute approximate surface area is 179 Å². The van der Waals surface area contributed by atoms with E-state index in [0.29, 0.717) is 0 Å². The molecule has 0 saturated carbocycles. The van der Waals surface area contributed by atoms with Crippen molar-refractivity contribution in [1.29, 1.82) is 0 Å². The zero-order valence-corrected chi connectivity index (χ0v) is 20.8. The van der Waals surface area contributed by atoms with Gasteiger partial charge in [-0.25, -0.2) is 12.2 Å². The number of fused-ring (bicyclic) bond motifs is 1. The van der Waals surface area contributed by atoms with Gasteiger partial charge in [0.1, 0.15) is 0 Å². The third kappa shape index (κ3) is 7.61. The first-order chi connectivity index (χ1) is 10.1. The fourth-order valence-electron chi connectivity index (χ4n) is 2.82. The first kappa shape index (κ1) is 26.4. The van der Waals surface area contributed by atoms with E-state index in [1.165, 1.54) is 10.8 Å². The van der Waals surface area contributed by atoms with Crippen LogP contribution in [0.25, 0.3) is 10.8 Å². The standard InChI is InChI=1S/C15H20P.C5H5.2ClH.Hf/c1-11(2)16(12(3)4)15-9-13-7-5-6-8-14(13)10-15;1-2-4-5-3-1;;;/h5-12H,1-4H3;1-3H,4H2;2*1H;/q2*-1;;;+4/p-2. The van der Waals surface area contributed by atoms with E-state index in [9.17, 15) is 0 Å². The number of rotatable bonds is 3. The third-order valence-electron chi connectivity index (χ3n) is 3.60. The predicted octanol–water partition coefficient (Wildman–Crippen LogP) is -0.206. The van der Waals surface area contributed by atoms with Crippen LogP contribution >= 0.6 is 7.92 Å². The second kappa shape index (κ2) is 13.4. The van der Waals surface area contributed by atoms with Crippen molar-refractivity contribution in [3.8, 4) is 0 Å². The van der Waals surface area contributed by atoms with Gasteiger partial charge in [0, 0.05) is 0 Å². The second-order valence-corrected chi connectivity index (χ2v) is 9.34. The molecule has 0 aliphatic heterocycles. The van der Waals surface area contributed by atoms with Crippen LogP contribution in [0.2, 0.25) is 0 Å². The minimum absolute atomic E-state index is 0. The van der Waals surface area contributed by atoms with Crippen LogP contribution in [-0.2, 0) is 25.8 Å². The fourth-order valence-corrected chi connectivity index (χ4v) is 5.78. The van der Waals surface area contributed by atoms with Gasteiger partial charge in [-0.3, -0.25) is 6.08 Å². The summed E-state index contributed by atoms with van der Waals surface area (Å²) in [6.07, 6.45) is 10.0. The molecule has 0 heterocycles. The van der Waals surface area contributed by atoms with E-state index < -0.39 is 0 Å². The van der Waals surface area contributed by atoms with Gasteiger partial charge in [-0.1, -0.05) is 41.7 Å². The van der Waals surface area contributed by atoms with Crippen molar-refractivity contribution < 1.29 is 50.7 Å². The molecule has 0 bridgehead atoms. The maximum Gasteiger partial charge on any atom is 4.00 e. The van der Waals surface area contributed by atoms with E-state index in [1.807, 2.05) is 12.2 Å². The van der Waals surface area contributed by atoms with Crippen LogP contribution in [0.5, 0.6) is 0 Å². The summed E-state index contributed by atoms with van der Waals surface area (Å²) in [6.45, 7) is 9.40. The Morgan fingerprint density at radius 3 is 2.08 bits per heavy atom. The summed E-state index contributed by atoms with van der Waals surface area (Å²) in [5.41, 5.74) is 1.54. The van der Waals surface area contributed by atoms with E-state index in [4.69, 9.17) is 0 Å². The summed E-state index contributed by atoms with van der Waals surface area (Å²) in [5.74, 6) is 0. The van der Waals surface area contributed by atoms with Crippen LogP contribution < -0.4 is 30.1 Å². The molecule has 0 saturated heterocycles. The van der Waals surface area contributed by atoms with Gasteiger partial charge >= 0.3 is 25.8 Å². The van der Waals surface area contributed by atoms with Gasteiger partial charge in [0.2, 0.25) is 0 Å². The van der Waals surface area contributed by atoms with E-state index >= 15 is 0 Å². The maximum absolute atomic E-state index is 2.99. The zero-order valence-electron chi connectivity index (χ0n) is 14.8. The predicted molar refractivity (Wildman–Crippen MR) is 97.9 cm³/mol. The van der Waals surface area contributed by atoms with E-state index in [0.717, 1.165) is 17.7 Å². The molecule has 0 amide bonds. The Kier molecular flexibility index (Phi) is 14.8. The van der Waals surface area contributed by atoms with Gasteiger partial charge < -0.3 is 24.8 Å². The molecule has 0 fully saturated rings. The summed E-state index contributed by atoms with van der Waals surface area (Å²) < 4.78 is 0.